The number of para-hydroxylation sites is 1. The molecule has 2 amide bonds. The van der Waals surface area contributed by atoms with E-state index in [4.69, 9.17) is 4.74 Å². The van der Waals surface area contributed by atoms with Crippen molar-refractivity contribution in [2.24, 2.45) is 5.41 Å². The van der Waals surface area contributed by atoms with Crippen LogP contribution < -0.4 is 10.6 Å². The number of benzene rings is 1. The van der Waals surface area contributed by atoms with E-state index in [-0.39, 0.29) is 5.91 Å². The van der Waals surface area contributed by atoms with Gasteiger partial charge in [-0.05, 0) is 46.6 Å². The van der Waals surface area contributed by atoms with Crippen molar-refractivity contribution in [2.75, 3.05) is 17.2 Å². The number of ether oxygens (including phenoxy) is 1. The van der Waals surface area contributed by atoms with Gasteiger partial charge in [-0.1, -0.05) is 32.9 Å². The van der Waals surface area contributed by atoms with Crippen LogP contribution in [-0.4, -0.2) is 24.4 Å². The minimum absolute atomic E-state index is 0.142. The van der Waals surface area contributed by atoms with Crippen LogP contribution in [0, 0.1) is 12.3 Å². The quantitative estimate of drug-likeness (QED) is 0.649. The molecule has 0 aliphatic rings. The Morgan fingerprint density at radius 1 is 1.15 bits per heavy atom. The average Bonchev–Trinajstić information content (AvgIpc) is 2.94. The Labute approximate surface area is 170 Å². The maximum absolute atomic E-state index is 12.3. The van der Waals surface area contributed by atoms with Crippen molar-refractivity contribution in [2.45, 2.75) is 27.7 Å². The number of amides is 2. The lowest BCUT2D eigenvalue weighted by Crippen LogP contribution is -2.27. The molecule has 2 rings (SSSR count). The topological polar surface area (TPSA) is 84.5 Å². The van der Waals surface area contributed by atoms with E-state index in [0.717, 1.165) is 15.8 Å². The van der Waals surface area contributed by atoms with Crippen LogP contribution in [-0.2, 0) is 14.3 Å². The third-order valence-corrected chi connectivity index (χ3v) is 5.33. The summed E-state index contributed by atoms with van der Waals surface area (Å²) in [4.78, 5) is 36.7. The molecule has 0 bridgehead atoms. The number of aryl methyl sites for hydroxylation is 1. The molecule has 144 valence electrons. The predicted octanol–water partition coefficient (Wildman–Crippen LogP) is 4.60. The maximum Gasteiger partial charge on any atom is 0.349 e. The van der Waals surface area contributed by atoms with Crippen LogP contribution >= 0.6 is 27.3 Å². The number of thiophene rings is 1. The van der Waals surface area contributed by atoms with Gasteiger partial charge >= 0.3 is 5.97 Å². The van der Waals surface area contributed by atoms with E-state index in [1.165, 1.54) is 0 Å². The fourth-order valence-corrected chi connectivity index (χ4v) is 3.34. The van der Waals surface area contributed by atoms with E-state index in [1.54, 1.807) is 31.2 Å². The lowest BCUT2D eigenvalue weighted by molar-refractivity contribution is -0.123. The van der Waals surface area contributed by atoms with Gasteiger partial charge in [0.15, 0.2) is 6.61 Å². The molecule has 0 aliphatic heterocycles. The second-order valence-electron chi connectivity index (χ2n) is 6.93. The molecule has 0 unspecified atom stereocenters. The first-order valence-electron chi connectivity index (χ1n) is 8.21. The molecule has 0 atom stereocenters. The number of hydrogen-bond donors (Lipinski definition) is 2. The molecule has 0 radical (unpaired) electrons. The molecule has 1 aromatic carbocycles. The van der Waals surface area contributed by atoms with Crippen LogP contribution in [0.25, 0.3) is 0 Å². The number of halogens is 1. The summed E-state index contributed by atoms with van der Waals surface area (Å²) < 4.78 is 5.83. The summed E-state index contributed by atoms with van der Waals surface area (Å²) in [5.41, 5.74) is 0.737. The van der Waals surface area contributed by atoms with Crippen LogP contribution in [0.5, 0.6) is 0 Å². The summed E-state index contributed by atoms with van der Waals surface area (Å²) in [5, 5.41) is 6.02. The largest absolute Gasteiger partial charge is 0.451 e. The van der Waals surface area contributed by atoms with Gasteiger partial charge in [0, 0.05) is 9.89 Å². The zero-order chi connectivity index (χ0) is 20.2. The van der Waals surface area contributed by atoms with Gasteiger partial charge < -0.3 is 15.4 Å². The summed E-state index contributed by atoms with van der Waals surface area (Å²) in [6.07, 6.45) is 0. The third kappa shape index (κ3) is 5.90. The van der Waals surface area contributed by atoms with Crippen LogP contribution in [0.15, 0.2) is 34.8 Å². The fourth-order valence-electron chi connectivity index (χ4n) is 1.99. The van der Waals surface area contributed by atoms with Crippen LogP contribution in [0.3, 0.4) is 0 Å². The van der Waals surface area contributed by atoms with E-state index in [1.807, 2.05) is 26.8 Å². The summed E-state index contributed by atoms with van der Waals surface area (Å²) in [5.74, 6) is -1.18. The minimum atomic E-state index is -0.601. The van der Waals surface area contributed by atoms with Gasteiger partial charge in [-0.3, -0.25) is 9.59 Å². The van der Waals surface area contributed by atoms with Gasteiger partial charge in [-0.2, -0.15) is 0 Å². The lowest BCUT2D eigenvalue weighted by atomic mass is 9.96. The molecule has 27 heavy (non-hydrogen) atoms. The zero-order valence-electron chi connectivity index (χ0n) is 15.5. The predicted molar refractivity (Wildman–Crippen MR) is 110 cm³/mol. The molecule has 0 aliphatic carbocycles. The van der Waals surface area contributed by atoms with Crippen molar-refractivity contribution in [1.82, 2.24) is 0 Å². The molecule has 2 aromatic rings. The summed E-state index contributed by atoms with van der Waals surface area (Å²) in [6.45, 7) is 6.77. The Morgan fingerprint density at radius 3 is 2.44 bits per heavy atom. The van der Waals surface area contributed by atoms with Gasteiger partial charge in [-0.15, -0.1) is 11.3 Å². The van der Waals surface area contributed by atoms with E-state index < -0.39 is 23.9 Å². The highest BCUT2D eigenvalue weighted by molar-refractivity contribution is 9.10. The smallest absolute Gasteiger partial charge is 0.349 e. The molecule has 1 aromatic heterocycles. The second kappa shape index (κ2) is 8.67. The summed E-state index contributed by atoms with van der Waals surface area (Å²) in [6, 6.07) is 8.86. The van der Waals surface area contributed by atoms with E-state index in [0.29, 0.717) is 21.1 Å². The Kier molecular flexibility index (Phi) is 6.78. The van der Waals surface area contributed by atoms with Crippen molar-refractivity contribution in [3.05, 3.63) is 45.2 Å². The summed E-state index contributed by atoms with van der Waals surface area (Å²) in [7, 11) is 0. The lowest BCUT2D eigenvalue weighted by Gasteiger charge is -2.16. The van der Waals surface area contributed by atoms with Crippen molar-refractivity contribution in [3.8, 4) is 0 Å². The number of carbonyl (C=O) groups excluding carboxylic acids is 3. The standard InChI is InChI=1S/C19H21BrN2O4S/c1-11-9-15(22-18(25)19(2,3)4)27-16(11)17(24)26-10-14(23)21-13-8-6-5-7-12(13)20/h5-9H,10H2,1-4H3,(H,21,23)(H,22,25). The van der Waals surface area contributed by atoms with E-state index >= 15 is 0 Å². The Balaban J connectivity index is 1.95. The van der Waals surface area contributed by atoms with Crippen LogP contribution in [0.2, 0.25) is 0 Å². The van der Waals surface area contributed by atoms with Crippen molar-refractivity contribution in [3.63, 3.8) is 0 Å². The number of carbonyl (C=O) groups is 3. The first-order valence-corrected chi connectivity index (χ1v) is 9.82. The van der Waals surface area contributed by atoms with E-state index in [2.05, 4.69) is 26.6 Å². The molecular formula is C19H21BrN2O4S. The molecule has 0 saturated heterocycles. The third-order valence-electron chi connectivity index (χ3n) is 3.50. The van der Waals surface area contributed by atoms with Crippen LogP contribution in [0.4, 0.5) is 10.7 Å². The molecule has 8 heteroatoms. The molecule has 0 saturated carbocycles. The van der Waals surface area contributed by atoms with Crippen molar-refractivity contribution < 1.29 is 19.1 Å². The Hall–Kier alpha value is -2.19. The fraction of sp³-hybridized carbons (Fsp3) is 0.316. The van der Waals surface area contributed by atoms with Gasteiger partial charge in [0.25, 0.3) is 5.91 Å². The second-order valence-corrected chi connectivity index (χ2v) is 8.84. The molecule has 6 nitrogen and oxygen atoms in total. The Morgan fingerprint density at radius 2 is 1.81 bits per heavy atom. The summed E-state index contributed by atoms with van der Waals surface area (Å²) >= 11 is 4.46. The van der Waals surface area contributed by atoms with Gasteiger partial charge in [0.1, 0.15) is 4.88 Å². The number of nitrogens with one attached hydrogen (secondary N) is 2. The van der Waals surface area contributed by atoms with Gasteiger partial charge in [0.05, 0.1) is 10.7 Å². The average molecular weight is 453 g/mol. The maximum atomic E-state index is 12.3. The van der Waals surface area contributed by atoms with Gasteiger partial charge in [-0.25, -0.2) is 4.79 Å². The van der Waals surface area contributed by atoms with Crippen molar-refractivity contribution >= 4 is 55.7 Å². The molecule has 0 fully saturated rings. The monoisotopic (exact) mass is 452 g/mol. The number of anilines is 2. The first kappa shape index (κ1) is 21.1. The highest BCUT2D eigenvalue weighted by Gasteiger charge is 2.23. The molecule has 1 heterocycles. The number of hydrogen-bond acceptors (Lipinski definition) is 5. The zero-order valence-corrected chi connectivity index (χ0v) is 17.9. The van der Waals surface area contributed by atoms with Crippen molar-refractivity contribution in [1.29, 1.82) is 0 Å². The normalized spacial score (nSPS) is 11.0. The number of rotatable bonds is 5. The highest BCUT2D eigenvalue weighted by atomic mass is 79.9. The van der Waals surface area contributed by atoms with Gasteiger partial charge in [0.2, 0.25) is 5.91 Å². The Bertz CT molecular complexity index is 871. The molecular weight excluding hydrogens is 432 g/mol. The number of esters is 1. The van der Waals surface area contributed by atoms with Crippen LogP contribution in [0.1, 0.15) is 36.0 Å². The highest BCUT2D eigenvalue weighted by Crippen LogP contribution is 2.29. The minimum Gasteiger partial charge on any atom is -0.451 e. The first-order chi connectivity index (χ1) is 12.6. The SMILES string of the molecule is Cc1cc(NC(=O)C(C)(C)C)sc1C(=O)OCC(=O)Nc1ccccc1Br. The van der Waals surface area contributed by atoms with E-state index in [9.17, 15) is 14.4 Å². The molecule has 2 N–H and O–H groups in total. The molecule has 0 spiro atoms.